The van der Waals surface area contributed by atoms with E-state index in [-0.39, 0.29) is 6.03 Å². The first-order valence-electron chi connectivity index (χ1n) is 9.08. The molecule has 7 heteroatoms. The number of piperidine rings is 1. The van der Waals surface area contributed by atoms with Gasteiger partial charge in [0.15, 0.2) is 0 Å². The number of hydrogen-bond acceptors (Lipinski definition) is 4. The number of rotatable bonds is 6. The van der Waals surface area contributed by atoms with Crippen LogP contribution >= 0.6 is 0 Å². The molecule has 0 atom stereocenters. The highest BCUT2D eigenvalue weighted by molar-refractivity contribution is 5.74. The Bertz CT molecular complexity index is 519. The van der Waals surface area contributed by atoms with E-state index in [0.29, 0.717) is 12.6 Å². The molecule has 1 aromatic rings. The van der Waals surface area contributed by atoms with E-state index >= 15 is 0 Å². The first kappa shape index (κ1) is 17.2. The van der Waals surface area contributed by atoms with Crippen molar-refractivity contribution in [3.05, 3.63) is 17.5 Å². The quantitative estimate of drug-likeness (QED) is 0.826. The Hall–Kier alpha value is -1.60. The zero-order chi connectivity index (χ0) is 16.8. The van der Waals surface area contributed by atoms with Gasteiger partial charge in [-0.3, -0.25) is 5.10 Å². The largest absolute Gasteiger partial charge is 0.377 e. The van der Waals surface area contributed by atoms with Gasteiger partial charge in [0.05, 0.1) is 18.9 Å². The fourth-order valence-corrected chi connectivity index (χ4v) is 3.42. The first-order valence-corrected chi connectivity index (χ1v) is 9.08. The van der Waals surface area contributed by atoms with Gasteiger partial charge in [0.1, 0.15) is 0 Å². The number of nitrogens with zero attached hydrogens (tertiary/aromatic N) is 3. The molecule has 0 radical (unpaired) electrons. The maximum Gasteiger partial charge on any atom is 0.317 e. The lowest BCUT2D eigenvalue weighted by atomic mass is 10.1. The van der Waals surface area contributed by atoms with Gasteiger partial charge in [-0.2, -0.15) is 5.10 Å². The molecule has 2 fully saturated rings. The first-order chi connectivity index (χ1) is 11.7. The summed E-state index contributed by atoms with van der Waals surface area (Å²) in [6.45, 7) is 8.32. The molecule has 3 heterocycles. The third-order valence-electron chi connectivity index (χ3n) is 5.05. The van der Waals surface area contributed by atoms with E-state index in [1.54, 1.807) is 6.20 Å². The van der Waals surface area contributed by atoms with Gasteiger partial charge in [0, 0.05) is 37.4 Å². The minimum absolute atomic E-state index is 0.00566. The fourth-order valence-electron chi connectivity index (χ4n) is 3.42. The summed E-state index contributed by atoms with van der Waals surface area (Å²) >= 11 is 0. The van der Waals surface area contributed by atoms with Crippen LogP contribution < -0.4 is 5.32 Å². The van der Waals surface area contributed by atoms with Gasteiger partial charge >= 0.3 is 6.03 Å². The maximum absolute atomic E-state index is 12.2. The number of amides is 2. The molecule has 7 nitrogen and oxygen atoms in total. The van der Waals surface area contributed by atoms with E-state index < -0.39 is 0 Å². The molecule has 1 aromatic heterocycles. The minimum atomic E-state index is 0.00566. The normalized spacial score (nSPS) is 19.8. The Morgan fingerprint density at radius 1 is 1.33 bits per heavy atom. The van der Waals surface area contributed by atoms with Crippen LogP contribution in [0, 0.1) is 6.92 Å². The summed E-state index contributed by atoms with van der Waals surface area (Å²) in [5.74, 6) is 0. The van der Waals surface area contributed by atoms with Gasteiger partial charge in [-0.1, -0.05) is 0 Å². The molecule has 0 saturated carbocycles. The number of aryl methyl sites for hydroxylation is 1. The molecular formula is C17H29N5O2. The van der Waals surface area contributed by atoms with Crippen LogP contribution in [0.4, 0.5) is 4.79 Å². The third kappa shape index (κ3) is 4.70. The van der Waals surface area contributed by atoms with E-state index in [1.807, 2.05) is 11.8 Å². The van der Waals surface area contributed by atoms with E-state index in [4.69, 9.17) is 4.74 Å². The zero-order valence-electron chi connectivity index (χ0n) is 14.6. The number of urea groups is 1. The molecule has 0 aliphatic carbocycles. The Morgan fingerprint density at radius 3 is 2.75 bits per heavy atom. The molecule has 2 amide bonds. The molecule has 0 unspecified atom stereocenters. The van der Waals surface area contributed by atoms with Crippen LogP contribution in [-0.4, -0.2) is 71.5 Å². The van der Waals surface area contributed by atoms with Crippen LogP contribution in [0.5, 0.6) is 0 Å². The molecule has 0 bridgehead atoms. The Kier molecular flexibility index (Phi) is 6.09. The van der Waals surface area contributed by atoms with Crippen molar-refractivity contribution in [2.24, 2.45) is 0 Å². The van der Waals surface area contributed by atoms with Crippen LogP contribution in [0.3, 0.4) is 0 Å². The van der Waals surface area contributed by atoms with Crippen molar-refractivity contribution in [3.63, 3.8) is 0 Å². The van der Waals surface area contributed by atoms with E-state index in [1.165, 1.54) is 25.9 Å². The van der Waals surface area contributed by atoms with E-state index in [0.717, 1.165) is 50.3 Å². The molecule has 0 spiro atoms. The standard InChI is InChI=1S/C17H29N5O2/c1-14-15(13-19-20-14)12-18-17(23)22-8-4-16(5-9-22)24-11-10-21-6-2-3-7-21/h13,16H,2-12H2,1H3,(H,18,23)(H,19,20). The monoisotopic (exact) mass is 335 g/mol. The summed E-state index contributed by atoms with van der Waals surface area (Å²) in [5, 5.41) is 9.82. The number of hydrogen-bond donors (Lipinski definition) is 2. The molecule has 3 rings (SSSR count). The second-order valence-electron chi connectivity index (χ2n) is 6.78. The SMILES string of the molecule is Cc1[nH]ncc1CNC(=O)N1CCC(OCCN2CCCC2)CC1. The Labute approximate surface area is 143 Å². The zero-order valence-corrected chi connectivity index (χ0v) is 14.6. The summed E-state index contributed by atoms with van der Waals surface area (Å²) < 4.78 is 6.00. The number of nitrogens with one attached hydrogen (secondary N) is 2. The second kappa shape index (κ2) is 8.48. The van der Waals surface area contributed by atoms with Crippen molar-refractivity contribution in [2.75, 3.05) is 39.3 Å². The highest BCUT2D eigenvalue weighted by Gasteiger charge is 2.23. The average Bonchev–Trinajstić information content (AvgIpc) is 3.25. The third-order valence-corrected chi connectivity index (χ3v) is 5.05. The van der Waals surface area contributed by atoms with Crippen molar-refractivity contribution in [3.8, 4) is 0 Å². The number of carbonyl (C=O) groups excluding carboxylic acids is 1. The number of aromatic nitrogens is 2. The Morgan fingerprint density at radius 2 is 2.08 bits per heavy atom. The van der Waals surface area contributed by atoms with Gasteiger partial charge < -0.3 is 19.9 Å². The van der Waals surface area contributed by atoms with Gasteiger partial charge in [-0.25, -0.2) is 4.79 Å². The number of ether oxygens (including phenoxy) is 1. The summed E-state index contributed by atoms with van der Waals surface area (Å²) in [5.41, 5.74) is 2.03. The highest BCUT2D eigenvalue weighted by atomic mass is 16.5. The van der Waals surface area contributed by atoms with E-state index in [9.17, 15) is 4.79 Å². The summed E-state index contributed by atoms with van der Waals surface area (Å²) in [7, 11) is 0. The average molecular weight is 335 g/mol. The predicted octanol–water partition coefficient (Wildman–Crippen LogP) is 1.50. The van der Waals surface area contributed by atoms with Crippen molar-refractivity contribution < 1.29 is 9.53 Å². The molecule has 0 aromatic carbocycles. The van der Waals surface area contributed by atoms with E-state index in [2.05, 4.69) is 20.4 Å². The molecule has 134 valence electrons. The lowest BCUT2D eigenvalue weighted by Crippen LogP contribution is -2.46. The summed E-state index contributed by atoms with van der Waals surface area (Å²) in [6, 6.07) is 0.00566. The van der Waals surface area contributed by atoms with Gasteiger partial charge in [0.25, 0.3) is 0 Å². The molecule has 2 aliphatic rings. The fraction of sp³-hybridized carbons (Fsp3) is 0.765. The summed E-state index contributed by atoms with van der Waals surface area (Å²) in [6.07, 6.45) is 6.57. The Balaban J connectivity index is 1.31. The molecule has 2 aliphatic heterocycles. The van der Waals surface area contributed by atoms with Crippen LogP contribution in [-0.2, 0) is 11.3 Å². The van der Waals surface area contributed by atoms with Crippen molar-refractivity contribution >= 4 is 6.03 Å². The van der Waals surface area contributed by atoms with Crippen LogP contribution in [0.15, 0.2) is 6.20 Å². The van der Waals surface area contributed by atoms with Crippen molar-refractivity contribution in [1.82, 2.24) is 25.3 Å². The van der Waals surface area contributed by atoms with Gasteiger partial charge in [-0.15, -0.1) is 0 Å². The molecule has 2 saturated heterocycles. The molecule has 2 N–H and O–H groups in total. The van der Waals surface area contributed by atoms with Crippen molar-refractivity contribution in [1.29, 1.82) is 0 Å². The smallest absolute Gasteiger partial charge is 0.317 e. The molecular weight excluding hydrogens is 306 g/mol. The number of aromatic amines is 1. The van der Waals surface area contributed by atoms with Crippen LogP contribution in [0.2, 0.25) is 0 Å². The second-order valence-corrected chi connectivity index (χ2v) is 6.78. The van der Waals surface area contributed by atoms with Gasteiger partial charge in [-0.05, 0) is 45.7 Å². The highest BCUT2D eigenvalue weighted by Crippen LogP contribution is 2.15. The number of likely N-dealkylation sites (tertiary alicyclic amines) is 2. The number of carbonyl (C=O) groups is 1. The topological polar surface area (TPSA) is 73.5 Å². The minimum Gasteiger partial charge on any atom is -0.377 e. The lowest BCUT2D eigenvalue weighted by molar-refractivity contribution is 0.00694. The predicted molar refractivity (Wildman–Crippen MR) is 91.8 cm³/mol. The van der Waals surface area contributed by atoms with Crippen molar-refractivity contribution in [2.45, 2.75) is 45.3 Å². The van der Waals surface area contributed by atoms with Crippen LogP contribution in [0.1, 0.15) is 36.9 Å². The molecule has 24 heavy (non-hydrogen) atoms. The lowest BCUT2D eigenvalue weighted by Gasteiger charge is -2.32. The maximum atomic E-state index is 12.2. The summed E-state index contributed by atoms with van der Waals surface area (Å²) in [4.78, 5) is 16.6. The number of H-pyrrole nitrogens is 1. The van der Waals surface area contributed by atoms with Gasteiger partial charge in [0.2, 0.25) is 0 Å². The van der Waals surface area contributed by atoms with Crippen LogP contribution in [0.25, 0.3) is 0 Å².